The Balaban J connectivity index is 1.81. The minimum atomic E-state index is -0.567. The Morgan fingerprint density at radius 1 is 1.25 bits per heavy atom. The second-order valence-corrected chi connectivity index (χ2v) is 5.93. The molecule has 1 aromatic carbocycles. The second kappa shape index (κ2) is 6.71. The standard InChI is InChI=1S/C16H14N4O3S/c1-11-4-3-5-13(10-11)19-12(2)17-18-16(19)24-9-8-14-6-7-15(23-14)20(21)22/h3-10H,1-2H3/b9-8+. The van der Waals surface area contributed by atoms with Gasteiger partial charge in [-0.05, 0) is 49.1 Å². The molecule has 0 aliphatic carbocycles. The number of aromatic nitrogens is 3. The van der Waals surface area contributed by atoms with Crippen LogP contribution >= 0.6 is 11.8 Å². The predicted molar refractivity (Wildman–Crippen MR) is 91.1 cm³/mol. The summed E-state index contributed by atoms with van der Waals surface area (Å²) in [5, 5.41) is 21.4. The van der Waals surface area contributed by atoms with Gasteiger partial charge in [-0.3, -0.25) is 14.7 Å². The molecule has 3 aromatic rings. The van der Waals surface area contributed by atoms with Crippen molar-refractivity contribution in [3.63, 3.8) is 0 Å². The van der Waals surface area contributed by atoms with Gasteiger partial charge in [-0.2, -0.15) is 0 Å². The number of rotatable bonds is 5. The van der Waals surface area contributed by atoms with Gasteiger partial charge in [0, 0.05) is 5.69 Å². The summed E-state index contributed by atoms with van der Waals surface area (Å²) in [7, 11) is 0. The fourth-order valence-corrected chi connectivity index (χ4v) is 2.93. The molecule has 0 spiro atoms. The maximum Gasteiger partial charge on any atom is 0.433 e. The number of nitro groups is 1. The van der Waals surface area contributed by atoms with E-state index >= 15 is 0 Å². The third-order valence-corrected chi connectivity index (χ3v) is 4.00. The highest BCUT2D eigenvalue weighted by molar-refractivity contribution is 8.02. The highest BCUT2D eigenvalue weighted by Gasteiger charge is 2.12. The second-order valence-electron chi connectivity index (χ2n) is 5.06. The summed E-state index contributed by atoms with van der Waals surface area (Å²) in [4.78, 5) is 10.0. The summed E-state index contributed by atoms with van der Waals surface area (Å²) in [5.74, 6) is 0.913. The van der Waals surface area contributed by atoms with E-state index in [4.69, 9.17) is 4.42 Å². The summed E-state index contributed by atoms with van der Waals surface area (Å²) in [6.45, 7) is 3.92. The number of thioether (sulfide) groups is 1. The van der Waals surface area contributed by atoms with Crippen molar-refractivity contribution in [1.82, 2.24) is 14.8 Å². The molecule has 122 valence electrons. The van der Waals surface area contributed by atoms with Crippen LogP contribution in [0, 0.1) is 24.0 Å². The molecule has 7 nitrogen and oxygen atoms in total. The highest BCUT2D eigenvalue weighted by atomic mass is 32.2. The Kier molecular flexibility index (Phi) is 4.48. The normalized spacial score (nSPS) is 11.2. The first-order valence-electron chi connectivity index (χ1n) is 7.11. The minimum absolute atomic E-state index is 0.279. The van der Waals surface area contributed by atoms with Crippen LogP contribution in [0.2, 0.25) is 0 Å². The smallest absolute Gasteiger partial charge is 0.401 e. The van der Waals surface area contributed by atoms with Gasteiger partial charge in [0.2, 0.25) is 0 Å². The van der Waals surface area contributed by atoms with Crippen molar-refractivity contribution < 1.29 is 9.34 Å². The molecule has 0 saturated carbocycles. The lowest BCUT2D eigenvalue weighted by Gasteiger charge is -2.07. The molecule has 0 unspecified atom stereocenters. The summed E-state index contributed by atoms with van der Waals surface area (Å²) in [5.41, 5.74) is 2.14. The van der Waals surface area contributed by atoms with Gasteiger partial charge in [-0.25, -0.2) is 0 Å². The average Bonchev–Trinajstić information content (AvgIpc) is 3.15. The van der Waals surface area contributed by atoms with Crippen molar-refractivity contribution in [3.05, 3.63) is 69.1 Å². The molecule has 0 fully saturated rings. The monoisotopic (exact) mass is 342 g/mol. The molecule has 0 N–H and O–H groups in total. The Morgan fingerprint density at radius 2 is 2.08 bits per heavy atom. The van der Waals surface area contributed by atoms with Crippen LogP contribution in [0.5, 0.6) is 0 Å². The molecule has 0 radical (unpaired) electrons. The number of hydrogen-bond acceptors (Lipinski definition) is 6. The lowest BCUT2D eigenvalue weighted by atomic mass is 10.2. The molecule has 0 saturated heterocycles. The van der Waals surface area contributed by atoms with E-state index in [-0.39, 0.29) is 5.88 Å². The molecule has 3 rings (SSSR count). The number of benzene rings is 1. The molecule has 0 bridgehead atoms. The fourth-order valence-electron chi connectivity index (χ4n) is 2.18. The van der Waals surface area contributed by atoms with Crippen LogP contribution in [0.25, 0.3) is 11.8 Å². The van der Waals surface area contributed by atoms with E-state index in [0.717, 1.165) is 17.1 Å². The largest absolute Gasteiger partial charge is 0.433 e. The zero-order valence-corrected chi connectivity index (χ0v) is 13.9. The van der Waals surface area contributed by atoms with Crippen LogP contribution in [0.1, 0.15) is 17.1 Å². The van der Waals surface area contributed by atoms with E-state index in [9.17, 15) is 10.1 Å². The quantitative estimate of drug-likeness (QED) is 0.393. The number of furan rings is 1. The van der Waals surface area contributed by atoms with Gasteiger partial charge in [-0.15, -0.1) is 10.2 Å². The lowest BCUT2D eigenvalue weighted by Crippen LogP contribution is -1.98. The van der Waals surface area contributed by atoms with Crippen LogP contribution in [-0.4, -0.2) is 19.7 Å². The van der Waals surface area contributed by atoms with Crippen molar-refractivity contribution >= 4 is 23.7 Å². The van der Waals surface area contributed by atoms with Gasteiger partial charge in [-0.1, -0.05) is 23.9 Å². The Bertz CT molecular complexity index is 914. The van der Waals surface area contributed by atoms with Gasteiger partial charge in [0.15, 0.2) is 5.16 Å². The number of nitrogens with zero attached hydrogens (tertiary/aromatic N) is 4. The molecule has 24 heavy (non-hydrogen) atoms. The first-order chi connectivity index (χ1) is 11.5. The van der Waals surface area contributed by atoms with E-state index in [1.807, 2.05) is 36.6 Å². The molecule has 8 heteroatoms. The molecule has 2 aromatic heterocycles. The number of hydrogen-bond donors (Lipinski definition) is 0. The van der Waals surface area contributed by atoms with Crippen LogP contribution in [0.4, 0.5) is 5.88 Å². The molecule has 0 amide bonds. The van der Waals surface area contributed by atoms with Crippen molar-refractivity contribution in [2.75, 3.05) is 0 Å². The van der Waals surface area contributed by atoms with Gasteiger partial charge in [0.1, 0.15) is 16.5 Å². The maximum atomic E-state index is 10.6. The van der Waals surface area contributed by atoms with Crippen molar-refractivity contribution in [2.24, 2.45) is 0 Å². The molecule has 0 atom stereocenters. The summed E-state index contributed by atoms with van der Waals surface area (Å²) >= 11 is 1.36. The predicted octanol–water partition coefficient (Wildman–Crippen LogP) is 4.15. The average molecular weight is 342 g/mol. The van der Waals surface area contributed by atoms with E-state index in [1.54, 1.807) is 17.6 Å². The van der Waals surface area contributed by atoms with Crippen molar-refractivity contribution in [3.8, 4) is 5.69 Å². The van der Waals surface area contributed by atoms with E-state index in [2.05, 4.69) is 16.3 Å². The zero-order valence-electron chi connectivity index (χ0n) is 13.0. The first kappa shape index (κ1) is 16.0. The Labute approximate surface area is 142 Å². The summed E-state index contributed by atoms with van der Waals surface area (Å²) in [6, 6.07) is 10.9. The summed E-state index contributed by atoms with van der Waals surface area (Å²) < 4.78 is 7.03. The van der Waals surface area contributed by atoms with Crippen LogP contribution < -0.4 is 0 Å². The maximum absolute atomic E-state index is 10.6. The third kappa shape index (κ3) is 3.38. The van der Waals surface area contributed by atoms with Crippen molar-refractivity contribution in [1.29, 1.82) is 0 Å². The Morgan fingerprint density at radius 3 is 2.79 bits per heavy atom. The molecule has 2 heterocycles. The van der Waals surface area contributed by atoms with Crippen molar-refractivity contribution in [2.45, 2.75) is 19.0 Å². The third-order valence-electron chi connectivity index (χ3n) is 3.25. The van der Waals surface area contributed by atoms with Gasteiger partial charge >= 0.3 is 5.88 Å². The van der Waals surface area contributed by atoms with Crippen LogP contribution in [0.3, 0.4) is 0 Å². The topological polar surface area (TPSA) is 87.0 Å². The van der Waals surface area contributed by atoms with Gasteiger partial charge < -0.3 is 4.42 Å². The minimum Gasteiger partial charge on any atom is -0.401 e. The fraction of sp³-hybridized carbons (Fsp3) is 0.125. The first-order valence-corrected chi connectivity index (χ1v) is 7.99. The van der Waals surface area contributed by atoms with E-state index in [1.165, 1.54) is 17.8 Å². The summed E-state index contributed by atoms with van der Waals surface area (Å²) in [6.07, 6.45) is 1.66. The lowest BCUT2D eigenvalue weighted by molar-refractivity contribution is -0.402. The highest BCUT2D eigenvalue weighted by Crippen LogP contribution is 2.25. The molecular weight excluding hydrogens is 328 g/mol. The number of aryl methyl sites for hydroxylation is 2. The van der Waals surface area contributed by atoms with Crippen LogP contribution in [0.15, 0.2) is 51.4 Å². The molecule has 0 aliphatic rings. The van der Waals surface area contributed by atoms with E-state index < -0.39 is 4.92 Å². The van der Waals surface area contributed by atoms with Gasteiger partial charge in [0.25, 0.3) is 0 Å². The Hall–Kier alpha value is -2.87. The molecule has 0 aliphatic heterocycles. The van der Waals surface area contributed by atoms with Gasteiger partial charge in [0.05, 0.1) is 6.07 Å². The zero-order chi connectivity index (χ0) is 17.1. The van der Waals surface area contributed by atoms with Crippen LogP contribution in [-0.2, 0) is 0 Å². The molecular formula is C16H14N4O3S. The van der Waals surface area contributed by atoms with E-state index in [0.29, 0.717) is 10.9 Å². The SMILES string of the molecule is Cc1cccc(-n2c(C)nnc2S/C=C/c2ccc([N+](=O)[O-])o2)c1.